The molecule has 1 aromatic heterocycles. The molecule has 9 aromatic carbocycles. The van der Waals surface area contributed by atoms with Crippen LogP contribution in [0.2, 0.25) is 0 Å². The van der Waals surface area contributed by atoms with Gasteiger partial charge in [-0.1, -0.05) is 166 Å². The lowest BCUT2D eigenvalue weighted by atomic mass is 9.81. The third-order valence-electron chi connectivity index (χ3n) is 12.3. The topological polar surface area (TPSA) is 3.24 Å². The zero-order valence-corrected chi connectivity index (χ0v) is 33.2. The summed E-state index contributed by atoms with van der Waals surface area (Å²) in [6, 6.07) is 75.3. The van der Waals surface area contributed by atoms with Crippen LogP contribution < -0.4 is 25.6 Å². The third kappa shape index (κ3) is 4.84. The van der Waals surface area contributed by atoms with E-state index in [0.29, 0.717) is 0 Å². The van der Waals surface area contributed by atoms with Crippen molar-refractivity contribution in [3.05, 3.63) is 211 Å². The molecule has 0 atom stereocenters. The first-order valence-corrected chi connectivity index (χ1v) is 22.3. The van der Waals surface area contributed by atoms with Crippen LogP contribution in [0.4, 0.5) is 17.1 Å². The molecule has 0 aliphatic heterocycles. The van der Waals surface area contributed by atoms with Gasteiger partial charge in [-0.3, -0.25) is 0 Å². The number of rotatable bonds is 7. The minimum Gasteiger partial charge on any atom is -0.310 e. The predicted octanol–water partition coefficient (Wildman–Crippen LogP) is 11.8. The number of hydrogen-bond acceptors (Lipinski definition) is 2. The Morgan fingerprint density at radius 1 is 0.393 bits per heavy atom. The first-order valence-electron chi connectivity index (χ1n) is 19.5. The second kappa shape index (κ2) is 12.6. The summed E-state index contributed by atoms with van der Waals surface area (Å²) in [5.41, 5.74) is 6.21. The molecule has 10 aromatic rings. The van der Waals surface area contributed by atoms with Crippen molar-refractivity contribution in [3.63, 3.8) is 0 Å². The van der Waals surface area contributed by atoms with Crippen LogP contribution in [0, 0.1) is 0 Å². The smallest absolute Gasteiger partial charge is 0.179 e. The first kappa shape index (κ1) is 33.1. The number of benzene rings is 9. The van der Waals surface area contributed by atoms with Crippen LogP contribution in [-0.4, -0.2) is 8.07 Å². The number of para-hydroxylation sites is 1. The van der Waals surface area contributed by atoms with Gasteiger partial charge in [0.1, 0.15) is 0 Å². The molecular weight excluding hydrogens is 711 g/mol. The zero-order chi connectivity index (χ0) is 37.4. The fourth-order valence-corrected chi connectivity index (χ4v) is 15.6. The lowest BCUT2D eigenvalue weighted by molar-refractivity contribution is 0.663. The van der Waals surface area contributed by atoms with E-state index >= 15 is 0 Å². The van der Waals surface area contributed by atoms with Crippen molar-refractivity contribution >= 4 is 98.9 Å². The molecule has 0 spiro atoms. The highest BCUT2D eigenvalue weighted by molar-refractivity contribution is 7.26. The van der Waals surface area contributed by atoms with Gasteiger partial charge in [-0.15, -0.1) is 11.3 Å². The summed E-state index contributed by atoms with van der Waals surface area (Å²) in [6.07, 6.45) is 0. The third-order valence-corrected chi connectivity index (χ3v) is 18.3. The molecule has 56 heavy (non-hydrogen) atoms. The standard InChI is InChI=1S/C53H39NSSi/c1-53(2)47-25-15-16-36-26-27-37-32-40(34-48(53)52(37)51(36)47)54(38-17-7-3-8-18-38)39-28-30-49-45(33-39)46-35-44(29-31-50(46)55-49)56(41-19-9-4-10-20-41,42-21-11-5-12-22-42)43-23-13-6-14-24-43/h3-35H,1-2H3. The Hall–Kier alpha value is -6.26. The molecule has 1 nitrogen and oxygen atoms in total. The van der Waals surface area contributed by atoms with Gasteiger partial charge in [0.25, 0.3) is 0 Å². The van der Waals surface area contributed by atoms with E-state index in [9.17, 15) is 0 Å². The highest BCUT2D eigenvalue weighted by atomic mass is 32.1. The fraction of sp³-hybridized carbons (Fsp3) is 0.0566. The van der Waals surface area contributed by atoms with E-state index in [-0.39, 0.29) is 5.41 Å². The van der Waals surface area contributed by atoms with Crippen molar-refractivity contribution < 1.29 is 0 Å². The molecule has 11 rings (SSSR count). The van der Waals surface area contributed by atoms with Gasteiger partial charge >= 0.3 is 0 Å². The number of nitrogens with zero attached hydrogens (tertiary/aromatic N) is 1. The maximum absolute atomic E-state index is 2.69. The van der Waals surface area contributed by atoms with Gasteiger partial charge in [-0.2, -0.15) is 0 Å². The van der Waals surface area contributed by atoms with Gasteiger partial charge < -0.3 is 4.90 Å². The maximum Gasteiger partial charge on any atom is 0.179 e. The van der Waals surface area contributed by atoms with Crippen LogP contribution in [0.25, 0.3) is 41.7 Å². The Morgan fingerprint density at radius 2 is 0.946 bits per heavy atom. The molecule has 0 unspecified atom stereocenters. The van der Waals surface area contributed by atoms with Crippen LogP contribution in [0.1, 0.15) is 25.0 Å². The van der Waals surface area contributed by atoms with E-state index in [0.717, 1.165) is 11.4 Å². The fourth-order valence-electron chi connectivity index (χ4n) is 9.74. The molecule has 1 aliphatic rings. The molecule has 0 fully saturated rings. The summed E-state index contributed by atoms with van der Waals surface area (Å²) in [7, 11) is -2.69. The van der Waals surface area contributed by atoms with Gasteiger partial charge in [0, 0.05) is 42.6 Å². The summed E-state index contributed by atoms with van der Waals surface area (Å²) in [6.45, 7) is 4.77. The molecule has 0 saturated heterocycles. The minimum absolute atomic E-state index is 0.101. The summed E-state index contributed by atoms with van der Waals surface area (Å²) in [5, 5.41) is 13.6. The van der Waals surface area contributed by atoms with Crippen LogP contribution in [0.15, 0.2) is 200 Å². The second-order valence-electron chi connectivity index (χ2n) is 15.7. The summed E-state index contributed by atoms with van der Waals surface area (Å²) >= 11 is 1.89. The van der Waals surface area contributed by atoms with Crippen LogP contribution in [0.5, 0.6) is 0 Å². The quantitative estimate of drug-likeness (QED) is 0.0891. The number of fused-ring (bicyclic) bond motifs is 3. The van der Waals surface area contributed by atoms with E-state index in [1.54, 1.807) is 0 Å². The molecule has 0 amide bonds. The number of anilines is 3. The molecular formula is C53H39NSSi. The molecule has 3 heteroatoms. The van der Waals surface area contributed by atoms with Crippen molar-refractivity contribution in [1.82, 2.24) is 0 Å². The van der Waals surface area contributed by atoms with E-state index in [1.807, 2.05) is 11.3 Å². The molecule has 0 saturated carbocycles. The van der Waals surface area contributed by atoms with E-state index in [2.05, 4.69) is 219 Å². The monoisotopic (exact) mass is 749 g/mol. The predicted molar refractivity (Wildman–Crippen MR) is 245 cm³/mol. The first-order chi connectivity index (χ1) is 27.5. The van der Waals surface area contributed by atoms with Gasteiger partial charge in [0.15, 0.2) is 8.07 Å². The van der Waals surface area contributed by atoms with Crippen molar-refractivity contribution in [2.24, 2.45) is 0 Å². The number of thiophene rings is 1. The van der Waals surface area contributed by atoms with Crippen LogP contribution in [0.3, 0.4) is 0 Å². The van der Waals surface area contributed by atoms with Gasteiger partial charge in [0.2, 0.25) is 0 Å². The lowest BCUT2D eigenvalue weighted by Gasteiger charge is -2.34. The Labute approximate surface area is 332 Å². The second-order valence-corrected chi connectivity index (χ2v) is 20.6. The lowest BCUT2D eigenvalue weighted by Crippen LogP contribution is -2.74. The van der Waals surface area contributed by atoms with Crippen LogP contribution in [-0.2, 0) is 5.41 Å². The molecule has 0 bridgehead atoms. The van der Waals surface area contributed by atoms with E-state index in [4.69, 9.17) is 0 Å². The Kier molecular flexibility index (Phi) is 7.47. The Balaban J connectivity index is 1.14. The molecule has 0 N–H and O–H groups in total. The molecule has 266 valence electrons. The van der Waals surface area contributed by atoms with Crippen LogP contribution >= 0.6 is 11.3 Å². The van der Waals surface area contributed by atoms with Crippen molar-refractivity contribution in [2.75, 3.05) is 4.90 Å². The average Bonchev–Trinajstić information content (AvgIpc) is 3.73. The molecule has 1 aliphatic carbocycles. The Morgan fingerprint density at radius 3 is 1.59 bits per heavy atom. The highest BCUT2D eigenvalue weighted by Crippen LogP contribution is 2.51. The largest absolute Gasteiger partial charge is 0.310 e. The summed E-state index contributed by atoms with van der Waals surface area (Å²) in [4.78, 5) is 2.46. The zero-order valence-electron chi connectivity index (χ0n) is 31.4. The molecule has 0 radical (unpaired) electrons. The normalized spacial score (nSPS) is 13.3. The SMILES string of the molecule is CC1(C)c2cccc3ccc4cc(N(c5ccccc5)c5ccc6sc7ccc([Si](c8ccccc8)(c8ccccc8)c8ccccc8)cc7c6c5)cc1c4c23. The summed E-state index contributed by atoms with van der Waals surface area (Å²) < 4.78 is 2.61. The van der Waals surface area contributed by atoms with Crippen molar-refractivity contribution in [2.45, 2.75) is 19.3 Å². The van der Waals surface area contributed by atoms with Gasteiger partial charge in [-0.05, 0) is 102 Å². The summed E-state index contributed by atoms with van der Waals surface area (Å²) in [5.74, 6) is 0. The number of hydrogen-bond donors (Lipinski definition) is 0. The van der Waals surface area contributed by atoms with Crippen molar-refractivity contribution in [3.8, 4) is 0 Å². The maximum atomic E-state index is 2.53. The van der Waals surface area contributed by atoms with E-state index < -0.39 is 8.07 Å². The average molecular weight is 750 g/mol. The van der Waals surface area contributed by atoms with Gasteiger partial charge in [0.05, 0.1) is 0 Å². The Bertz CT molecular complexity index is 3000. The van der Waals surface area contributed by atoms with E-state index in [1.165, 1.54) is 79.3 Å². The molecule has 1 heterocycles. The van der Waals surface area contributed by atoms with Crippen molar-refractivity contribution in [1.29, 1.82) is 0 Å². The highest BCUT2D eigenvalue weighted by Gasteiger charge is 2.41. The minimum atomic E-state index is -2.69. The van der Waals surface area contributed by atoms with Gasteiger partial charge in [-0.25, -0.2) is 0 Å².